The van der Waals surface area contributed by atoms with E-state index in [-0.39, 0.29) is 12.2 Å². The summed E-state index contributed by atoms with van der Waals surface area (Å²) in [5.41, 5.74) is 0.837. The van der Waals surface area contributed by atoms with Gasteiger partial charge < -0.3 is 9.84 Å². The summed E-state index contributed by atoms with van der Waals surface area (Å²) in [6.07, 6.45) is 2.50. The number of aromatic carboxylic acids is 1. The smallest absolute Gasteiger partial charge is 0.339 e. The first-order chi connectivity index (χ1) is 9.20. The third-order valence-corrected chi connectivity index (χ3v) is 2.38. The summed E-state index contributed by atoms with van der Waals surface area (Å²) in [6.45, 7) is 0.0239. The van der Waals surface area contributed by atoms with E-state index in [9.17, 15) is 4.79 Å². The van der Waals surface area contributed by atoms with Crippen molar-refractivity contribution in [3.63, 3.8) is 0 Å². The SMILES string of the molecule is N#Cc1ccc(OCc2ncncc2C(=O)O)cc1. The van der Waals surface area contributed by atoms with E-state index in [2.05, 4.69) is 9.97 Å². The minimum atomic E-state index is -1.10. The maximum absolute atomic E-state index is 10.9. The molecular weight excluding hydrogens is 246 g/mol. The van der Waals surface area contributed by atoms with E-state index in [1.54, 1.807) is 24.3 Å². The second-order valence-corrected chi connectivity index (χ2v) is 3.61. The van der Waals surface area contributed by atoms with E-state index in [1.165, 1.54) is 12.5 Å². The lowest BCUT2D eigenvalue weighted by Crippen LogP contribution is -2.08. The largest absolute Gasteiger partial charge is 0.487 e. The van der Waals surface area contributed by atoms with Crippen LogP contribution >= 0.6 is 0 Å². The number of rotatable bonds is 4. The van der Waals surface area contributed by atoms with Crippen molar-refractivity contribution in [3.8, 4) is 11.8 Å². The molecule has 1 aromatic carbocycles. The zero-order valence-corrected chi connectivity index (χ0v) is 9.78. The van der Waals surface area contributed by atoms with Gasteiger partial charge in [-0.15, -0.1) is 0 Å². The van der Waals surface area contributed by atoms with Crippen molar-refractivity contribution < 1.29 is 14.6 Å². The number of nitrogens with zero attached hydrogens (tertiary/aromatic N) is 3. The fraction of sp³-hybridized carbons (Fsp3) is 0.0769. The van der Waals surface area contributed by atoms with Gasteiger partial charge in [-0.1, -0.05) is 0 Å². The zero-order chi connectivity index (χ0) is 13.7. The summed E-state index contributed by atoms with van der Waals surface area (Å²) in [5.74, 6) is -0.562. The van der Waals surface area contributed by atoms with Crippen LogP contribution in [0.15, 0.2) is 36.8 Å². The Balaban J connectivity index is 2.10. The summed E-state index contributed by atoms with van der Waals surface area (Å²) < 4.78 is 5.42. The standard InChI is InChI=1S/C13H9N3O3/c14-5-9-1-3-10(4-2-9)19-7-12-11(13(17)18)6-15-8-16-12/h1-4,6,8H,7H2,(H,17,18). The minimum absolute atomic E-state index is 0.0103. The molecule has 94 valence electrons. The quantitative estimate of drug-likeness (QED) is 0.891. The highest BCUT2D eigenvalue weighted by Gasteiger charge is 2.11. The highest BCUT2D eigenvalue weighted by atomic mass is 16.5. The number of ether oxygens (including phenoxy) is 1. The summed E-state index contributed by atoms with van der Waals surface area (Å²) in [6, 6.07) is 8.51. The van der Waals surface area contributed by atoms with Crippen LogP contribution in [0.5, 0.6) is 5.75 Å². The number of nitriles is 1. The fourth-order valence-electron chi connectivity index (χ4n) is 1.43. The Morgan fingerprint density at radius 1 is 1.37 bits per heavy atom. The average Bonchev–Trinajstić information content (AvgIpc) is 2.46. The number of hydrogen-bond donors (Lipinski definition) is 1. The van der Waals surface area contributed by atoms with Gasteiger partial charge in [0.1, 0.15) is 24.2 Å². The Hall–Kier alpha value is -2.94. The lowest BCUT2D eigenvalue weighted by Gasteiger charge is -2.07. The first kappa shape index (κ1) is 12.5. The van der Waals surface area contributed by atoms with Crippen LogP contribution in [0.3, 0.4) is 0 Å². The van der Waals surface area contributed by atoms with Gasteiger partial charge >= 0.3 is 5.97 Å². The van der Waals surface area contributed by atoms with Gasteiger partial charge in [0.05, 0.1) is 17.3 Å². The molecule has 0 aliphatic rings. The number of hydrogen-bond acceptors (Lipinski definition) is 5. The first-order valence-corrected chi connectivity index (χ1v) is 5.36. The van der Waals surface area contributed by atoms with Crippen LogP contribution in [0.2, 0.25) is 0 Å². The van der Waals surface area contributed by atoms with Crippen molar-refractivity contribution in [1.29, 1.82) is 5.26 Å². The Labute approximate surface area is 108 Å². The van der Waals surface area contributed by atoms with Crippen LogP contribution in [0.1, 0.15) is 21.6 Å². The first-order valence-electron chi connectivity index (χ1n) is 5.36. The minimum Gasteiger partial charge on any atom is -0.487 e. The third kappa shape index (κ3) is 3.04. The van der Waals surface area contributed by atoms with Crippen molar-refractivity contribution in [3.05, 3.63) is 53.6 Å². The molecule has 0 aliphatic heterocycles. The van der Waals surface area contributed by atoms with Gasteiger partial charge in [0.15, 0.2) is 0 Å². The topological polar surface area (TPSA) is 96.1 Å². The maximum atomic E-state index is 10.9. The predicted molar refractivity (Wildman–Crippen MR) is 64.5 cm³/mol. The molecule has 0 amide bonds. The third-order valence-electron chi connectivity index (χ3n) is 2.38. The van der Waals surface area contributed by atoms with Crippen molar-refractivity contribution in [2.45, 2.75) is 6.61 Å². The highest BCUT2D eigenvalue weighted by Crippen LogP contribution is 2.14. The Kier molecular flexibility index (Phi) is 3.69. The van der Waals surface area contributed by atoms with Gasteiger partial charge in [-0.05, 0) is 24.3 Å². The zero-order valence-electron chi connectivity index (χ0n) is 9.78. The molecule has 6 nitrogen and oxygen atoms in total. The summed E-state index contributed by atoms with van der Waals surface area (Å²) in [7, 11) is 0. The molecule has 1 aromatic heterocycles. The maximum Gasteiger partial charge on any atom is 0.339 e. The van der Waals surface area contributed by atoms with Gasteiger partial charge in [-0.25, -0.2) is 14.8 Å². The van der Waals surface area contributed by atoms with Gasteiger partial charge in [0, 0.05) is 6.20 Å². The van der Waals surface area contributed by atoms with Crippen molar-refractivity contribution in [1.82, 2.24) is 9.97 Å². The Morgan fingerprint density at radius 2 is 2.11 bits per heavy atom. The number of carboxylic acid groups (broad SMARTS) is 1. The molecular formula is C13H9N3O3. The van der Waals surface area contributed by atoms with Crippen LogP contribution < -0.4 is 4.74 Å². The van der Waals surface area contributed by atoms with Gasteiger partial charge in [-0.2, -0.15) is 5.26 Å². The molecule has 0 atom stereocenters. The molecule has 2 rings (SSSR count). The summed E-state index contributed by atoms with van der Waals surface area (Å²) in [4.78, 5) is 18.5. The molecule has 0 aliphatic carbocycles. The van der Waals surface area contributed by atoms with Crippen LogP contribution in [0.25, 0.3) is 0 Å². The van der Waals surface area contributed by atoms with Crippen molar-refractivity contribution >= 4 is 5.97 Å². The molecule has 1 N–H and O–H groups in total. The molecule has 0 spiro atoms. The van der Waals surface area contributed by atoms with Gasteiger partial charge in [-0.3, -0.25) is 0 Å². The van der Waals surface area contributed by atoms with Crippen LogP contribution in [0.4, 0.5) is 0 Å². The molecule has 19 heavy (non-hydrogen) atoms. The summed E-state index contributed by atoms with van der Waals surface area (Å²) in [5, 5.41) is 17.6. The van der Waals surface area contributed by atoms with Gasteiger partial charge in [0.2, 0.25) is 0 Å². The molecule has 1 heterocycles. The van der Waals surface area contributed by atoms with E-state index >= 15 is 0 Å². The molecule has 0 bridgehead atoms. The van der Waals surface area contributed by atoms with E-state index in [0.29, 0.717) is 17.0 Å². The molecule has 0 unspecified atom stereocenters. The fourth-order valence-corrected chi connectivity index (χ4v) is 1.43. The summed E-state index contributed by atoms with van der Waals surface area (Å²) >= 11 is 0. The van der Waals surface area contributed by atoms with Crippen LogP contribution in [-0.4, -0.2) is 21.0 Å². The van der Waals surface area contributed by atoms with E-state index in [0.717, 1.165) is 0 Å². The Morgan fingerprint density at radius 3 is 2.74 bits per heavy atom. The predicted octanol–water partition coefficient (Wildman–Crippen LogP) is 1.63. The molecule has 0 saturated carbocycles. The Bertz CT molecular complexity index is 632. The van der Waals surface area contributed by atoms with Crippen molar-refractivity contribution in [2.24, 2.45) is 0 Å². The van der Waals surface area contributed by atoms with Gasteiger partial charge in [0.25, 0.3) is 0 Å². The van der Waals surface area contributed by atoms with Crippen LogP contribution in [-0.2, 0) is 6.61 Å². The average molecular weight is 255 g/mol. The van der Waals surface area contributed by atoms with Crippen molar-refractivity contribution in [2.75, 3.05) is 0 Å². The molecule has 6 heteroatoms. The molecule has 0 fully saturated rings. The normalized spacial score (nSPS) is 9.63. The monoisotopic (exact) mass is 255 g/mol. The molecule has 0 saturated heterocycles. The number of carbonyl (C=O) groups is 1. The van der Waals surface area contributed by atoms with E-state index < -0.39 is 5.97 Å². The van der Waals surface area contributed by atoms with Crippen LogP contribution in [0, 0.1) is 11.3 Å². The molecule has 2 aromatic rings. The number of benzene rings is 1. The lowest BCUT2D eigenvalue weighted by atomic mass is 10.2. The lowest BCUT2D eigenvalue weighted by molar-refractivity contribution is 0.0692. The highest BCUT2D eigenvalue weighted by molar-refractivity contribution is 5.88. The van der Waals surface area contributed by atoms with E-state index in [4.69, 9.17) is 15.1 Å². The second kappa shape index (κ2) is 5.60. The molecule has 0 radical (unpaired) electrons. The number of carboxylic acids is 1. The number of aromatic nitrogens is 2. The van der Waals surface area contributed by atoms with E-state index in [1.807, 2.05) is 6.07 Å². The second-order valence-electron chi connectivity index (χ2n) is 3.61.